The zero-order valence-corrected chi connectivity index (χ0v) is 16.9. The lowest BCUT2D eigenvalue weighted by molar-refractivity contribution is 0.0693. The van der Waals surface area contributed by atoms with E-state index in [1.54, 1.807) is 24.3 Å². The molecule has 2 saturated heterocycles. The van der Waals surface area contributed by atoms with Crippen LogP contribution < -0.4 is 10.2 Å². The van der Waals surface area contributed by atoms with Crippen LogP contribution in [-0.2, 0) is 4.74 Å². The lowest BCUT2D eigenvalue weighted by Gasteiger charge is -2.26. The number of carbonyl (C=O) groups excluding carboxylic acids is 1. The fourth-order valence-corrected chi connectivity index (χ4v) is 4.34. The van der Waals surface area contributed by atoms with Gasteiger partial charge in [-0.3, -0.25) is 4.79 Å². The molecule has 2 atom stereocenters. The summed E-state index contributed by atoms with van der Waals surface area (Å²) in [6.07, 6.45) is 2.23. The van der Waals surface area contributed by atoms with Crippen LogP contribution in [0.1, 0.15) is 41.4 Å². The van der Waals surface area contributed by atoms with Crippen LogP contribution >= 0.6 is 0 Å². The zero-order chi connectivity index (χ0) is 21.4. The predicted octanol–water partition coefficient (Wildman–Crippen LogP) is 3.07. The fourth-order valence-electron chi connectivity index (χ4n) is 4.34. The lowest BCUT2D eigenvalue weighted by atomic mass is 10.0. The number of ether oxygens (including phenoxy) is 1. The number of hydrogen-bond acceptors (Lipinski definition) is 5. The molecule has 3 aromatic rings. The Morgan fingerprint density at radius 1 is 1.19 bits per heavy atom. The number of imidazole rings is 1. The molecule has 1 N–H and O–H groups in total. The molecular weight excluding hydrogens is 404 g/mol. The summed E-state index contributed by atoms with van der Waals surface area (Å²) in [4.78, 5) is 18.9. The molecule has 5 rings (SSSR count). The maximum Gasteiger partial charge on any atom is 0.271 e. The summed E-state index contributed by atoms with van der Waals surface area (Å²) in [7, 11) is 0. The quantitative estimate of drug-likeness (QED) is 0.693. The Labute approximate surface area is 178 Å². The molecule has 0 spiro atoms. The molecule has 1 amide bonds. The summed E-state index contributed by atoms with van der Waals surface area (Å²) in [5.41, 5.74) is 1.55. The molecule has 2 aromatic heterocycles. The van der Waals surface area contributed by atoms with Gasteiger partial charge in [0.25, 0.3) is 5.91 Å². The maximum atomic E-state index is 14.4. The summed E-state index contributed by atoms with van der Waals surface area (Å²) in [5, 5.41) is 7.61. The minimum Gasteiger partial charge on any atom is -0.381 e. The Hall–Kier alpha value is -3.07. The average Bonchev–Trinajstić information content (AvgIpc) is 3.37. The number of benzene rings is 1. The Morgan fingerprint density at radius 3 is 2.84 bits per heavy atom. The molecule has 4 heterocycles. The van der Waals surface area contributed by atoms with Crippen molar-refractivity contribution in [1.29, 1.82) is 0 Å². The van der Waals surface area contributed by atoms with E-state index in [4.69, 9.17) is 4.74 Å². The van der Waals surface area contributed by atoms with Crippen molar-refractivity contribution in [3.8, 4) is 0 Å². The number of hydrogen-bond donors (Lipinski definition) is 1. The summed E-state index contributed by atoms with van der Waals surface area (Å²) >= 11 is 0. The number of alkyl halides is 1. The van der Waals surface area contributed by atoms with Crippen molar-refractivity contribution in [1.82, 2.24) is 19.9 Å². The van der Waals surface area contributed by atoms with Crippen molar-refractivity contribution in [2.24, 2.45) is 0 Å². The molecule has 2 aliphatic heterocycles. The molecule has 2 fully saturated rings. The van der Waals surface area contributed by atoms with Gasteiger partial charge in [0.1, 0.15) is 17.8 Å². The molecule has 1 aromatic carbocycles. The van der Waals surface area contributed by atoms with Gasteiger partial charge in [0.15, 0.2) is 11.3 Å². The lowest BCUT2D eigenvalue weighted by Crippen LogP contribution is -2.39. The van der Waals surface area contributed by atoms with Crippen molar-refractivity contribution in [2.75, 3.05) is 24.7 Å². The van der Waals surface area contributed by atoms with Crippen LogP contribution in [0.5, 0.6) is 0 Å². The predicted molar refractivity (Wildman–Crippen MR) is 110 cm³/mol. The SMILES string of the molecule is O=C(NC1CCOCC1)c1cnc2ccc(N3C[C@@H](F)CC3c3cccc(F)c3)nn12. The highest BCUT2D eigenvalue weighted by molar-refractivity contribution is 5.93. The van der Waals surface area contributed by atoms with Crippen molar-refractivity contribution < 1.29 is 18.3 Å². The van der Waals surface area contributed by atoms with E-state index in [-0.39, 0.29) is 36.8 Å². The van der Waals surface area contributed by atoms with Gasteiger partial charge in [-0.2, -0.15) is 0 Å². The van der Waals surface area contributed by atoms with Gasteiger partial charge in [-0.15, -0.1) is 5.10 Å². The molecule has 2 aliphatic rings. The van der Waals surface area contributed by atoms with E-state index in [1.165, 1.54) is 22.8 Å². The van der Waals surface area contributed by atoms with Gasteiger partial charge in [0.05, 0.1) is 18.8 Å². The van der Waals surface area contributed by atoms with Gasteiger partial charge in [0, 0.05) is 25.7 Å². The van der Waals surface area contributed by atoms with Crippen molar-refractivity contribution in [3.63, 3.8) is 0 Å². The van der Waals surface area contributed by atoms with Gasteiger partial charge < -0.3 is 15.0 Å². The summed E-state index contributed by atoms with van der Waals surface area (Å²) in [6.45, 7) is 1.40. The Kier molecular flexibility index (Phi) is 5.27. The highest BCUT2D eigenvalue weighted by Crippen LogP contribution is 2.36. The first-order valence-electron chi connectivity index (χ1n) is 10.5. The van der Waals surface area contributed by atoms with Crippen LogP contribution in [0.2, 0.25) is 0 Å². The van der Waals surface area contributed by atoms with Crippen molar-refractivity contribution >= 4 is 17.4 Å². The summed E-state index contributed by atoms with van der Waals surface area (Å²) in [6, 6.07) is 9.44. The molecule has 7 nitrogen and oxygen atoms in total. The topological polar surface area (TPSA) is 71.8 Å². The normalized spacial score (nSPS) is 22.2. The number of carbonyl (C=O) groups is 1. The Bertz CT molecular complexity index is 1100. The van der Waals surface area contributed by atoms with Gasteiger partial charge >= 0.3 is 0 Å². The molecule has 162 valence electrons. The first-order valence-corrected chi connectivity index (χ1v) is 10.5. The highest BCUT2D eigenvalue weighted by atomic mass is 19.1. The molecule has 0 bridgehead atoms. The molecule has 9 heteroatoms. The Morgan fingerprint density at radius 2 is 2.03 bits per heavy atom. The van der Waals surface area contributed by atoms with E-state index in [1.807, 2.05) is 4.90 Å². The molecule has 0 aliphatic carbocycles. The van der Waals surface area contributed by atoms with Crippen LogP contribution in [-0.4, -0.2) is 52.5 Å². The standard InChI is InChI=1S/C22H23F2N5O2/c23-15-3-1-2-14(10-15)18-11-16(24)13-28(18)21-5-4-20-25-12-19(29(20)27-21)22(30)26-17-6-8-31-9-7-17/h1-5,10,12,16-18H,6-9,11,13H2,(H,26,30)/t16-,18?/m0/s1. The molecule has 0 saturated carbocycles. The third-order valence-corrected chi connectivity index (χ3v) is 5.92. The van der Waals surface area contributed by atoms with E-state index >= 15 is 0 Å². The second-order valence-corrected chi connectivity index (χ2v) is 8.02. The monoisotopic (exact) mass is 427 g/mol. The summed E-state index contributed by atoms with van der Waals surface area (Å²) < 4.78 is 34.9. The molecule has 0 radical (unpaired) electrons. The molecule has 1 unspecified atom stereocenters. The first-order chi connectivity index (χ1) is 15.1. The number of nitrogens with zero attached hydrogens (tertiary/aromatic N) is 4. The zero-order valence-electron chi connectivity index (χ0n) is 16.9. The minimum absolute atomic E-state index is 0.0539. The Balaban J connectivity index is 1.44. The number of amides is 1. The highest BCUT2D eigenvalue weighted by Gasteiger charge is 2.34. The van der Waals surface area contributed by atoms with Crippen molar-refractivity contribution in [3.05, 3.63) is 59.7 Å². The van der Waals surface area contributed by atoms with Gasteiger partial charge in [-0.25, -0.2) is 18.3 Å². The number of anilines is 1. The van der Waals surface area contributed by atoms with Crippen LogP contribution in [0.25, 0.3) is 5.65 Å². The van der Waals surface area contributed by atoms with Gasteiger partial charge in [-0.1, -0.05) is 12.1 Å². The van der Waals surface area contributed by atoms with Gasteiger partial charge in [0.2, 0.25) is 0 Å². The van der Waals surface area contributed by atoms with Crippen LogP contribution in [0.15, 0.2) is 42.6 Å². The van der Waals surface area contributed by atoms with E-state index in [0.29, 0.717) is 35.9 Å². The fraction of sp³-hybridized carbons (Fsp3) is 0.409. The van der Waals surface area contributed by atoms with E-state index in [9.17, 15) is 13.6 Å². The number of nitrogens with one attached hydrogen (secondary N) is 1. The minimum atomic E-state index is -1.05. The smallest absolute Gasteiger partial charge is 0.271 e. The summed E-state index contributed by atoms with van der Waals surface area (Å²) in [5.74, 6) is -0.0969. The van der Waals surface area contributed by atoms with Gasteiger partial charge in [-0.05, 0) is 42.7 Å². The molecule has 31 heavy (non-hydrogen) atoms. The maximum absolute atomic E-state index is 14.4. The van der Waals surface area contributed by atoms with E-state index in [0.717, 1.165) is 12.8 Å². The average molecular weight is 427 g/mol. The molecular formula is C22H23F2N5O2. The third-order valence-electron chi connectivity index (χ3n) is 5.92. The third kappa shape index (κ3) is 3.97. The number of halogens is 2. The van der Waals surface area contributed by atoms with Crippen LogP contribution in [0, 0.1) is 5.82 Å². The number of fused-ring (bicyclic) bond motifs is 1. The van der Waals surface area contributed by atoms with Crippen LogP contribution in [0.4, 0.5) is 14.6 Å². The second-order valence-electron chi connectivity index (χ2n) is 8.02. The van der Waals surface area contributed by atoms with E-state index < -0.39 is 6.17 Å². The number of rotatable bonds is 4. The number of aromatic nitrogens is 3. The van der Waals surface area contributed by atoms with E-state index in [2.05, 4.69) is 15.4 Å². The van der Waals surface area contributed by atoms with Crippen LogP contribution in [0.3, 0.4) is 0 Å². The largest absolute Gasteiger partial charge is 0.381 e. The van der Waals surface area contributed by atoms with Crippen molar-refractivity contribution in [2.45, 2.75) is 37.5 Å². The second kappa shape index (κ2) is 8.22. The first kappa shape index (κ1) is 19.9.